The van der Waals surface area contributed by atoms with Crippen LogP contribution in [-0.2, 0) is 23.9 Å². The molecule has 0 amide bonds. The molecule has 0 fully saturated rings. The predicted molar refractivity (Wildman–Crippen MR) is 147 cm³/mol. The van der Waals surface area contributed by atoms with Crippen LogP contribution in [0.1, 0.15) is 155 Å². The van der Waals surface area contributed by atoms with E-state index in [1.165, 1.54) is 83.5 Å². The summed E-state index contributed by atoms with van der Waals surface area (Å²) < 4.78 is 10.3. The van der Waals surface area contributed by atoms with Gasteiger partial charge in [-0.1, -0.05) is 129 Å². The highest BCUT2D eigenvalue weighted by Crippen LogP contribution is 2.20. The lowest BCUT2D eigenvalue weighted by atomic mass is 9.95. The summed E-state index contributed by atoms with van der Waals surface area (Å²) in [4.78, 5) is 35.8. The summed E-state index contributed by atoms with van der Waals surface area (Å²) in [7, 11) is 0. The smallest absolute Gasteiger partial charge is 0.339 e. The van der Waals surface area contributed by atoms with Crippen molar-refractivity contribution in [2.75, 3.05) is 13.2 Å². The van der Waals surface area contributed by atoms with Gasteiger partial charge in [0.2, 0.25) is 0 Å². The highest BCUT2D eigenvalue weighted by molar-refractivity contribution is 5.89. The second kappa shape index (κ2) is 24.7. The Hall–Kier alpha value is -1.63. The number of hydrogen-bond donors (Lipinski definition) is 2. The van der Waals surface area contributed by atoms with Crippen molar-refractivity contribution in [3.8, 4) is 0 Å². The average Bonchev–Trinajstić information content (AvgIpc) is 2.85. The molecular weight excluding hydrogens is 472 g/mol. The summed E-state index contributed by atoms with van der Waals surface area (Å²) in [6, 6.07) is 0. The molecule has 0 heterocycles. The molecule has 0 bridgehead atoms. The van der Waals surface area contributed by atoms with Crippen molar-refractivity contribution in [1.29, 1.82) is 0 Å². The lowest BCUT2D eigenvalue weighted by Gasteiger charge is -2.23. The third-order valence-corrected chi connectivity index (χ3v) is 6.75. The normalized spacial score (nSPS) is 12.7. The van der Waals surface area contributed by atoms with Crippen LogP contribution in [0.4, 0.5) is 0 Å². The van der Waals surface area contributed by atoms with Crippen LogP contribution in [0.25, 0.3) is 0 Å². The molecule has 7 nitrogen and oxygen atoms in total. The molecule has 0 aromatic rings. The quantitative estimate of drug-likeness (QED) is 0.0838. The fourth-order valence-electron chi connectivity index (χ4n) is 4.41. The molecule has 0 rings (SSSR count). The Balaban J connectivity index is 4.04. The first-order valence-corrected chi connectivity index (χ1v) is 15.1. The van der Waals surface area contributed by atoms with E-state index in [1.54, 1.807) is 0 Å². The maximum Gasteiger partial charge on any atom is 0.339 e. The van der Waals surface area contributed by atoms with Crippen LogP contribution in [0, 0.1) is 0 Å². The van der Waals surface area contributed by atoms with E-state index >= 15 is 0 Å². The van der Waals surface area contributed by atoms with E-state index in [-0.39, 0.29) is 13.2 Å². The predicted octanol–water partition coefficient (Wildman–Crippen LogP) is 7.51. The fourth-order valence-corrected chi connectivity index (χ4v) is 4.41. The number of carboxylic acids is 1. The molecule has 218 valence electrons. The molecule has 0 aromatic carbocycles. The molecule has 0 aromatic heterocycles. The van der Waals surface area contributed by atoms with Gasteiger partial charge in [0, 0.05) is 0 Å². The summed E-state index contributed by atoms with van der Waals surface area (Å²) in [5, 5.41) is 19.7. The summed E-state index contributed by atoms with van der Waals surface area (Å²) in [5.74, 6) is -3.22. The van der Waals surface area contributed by atoms with Gasteiger partial charge in [0.1, 0.15) is 0 Å². The van der Waals surface area contributed by atoms with Crippen molar-refractivity contribution in [3.63, 3.8) is 0 Å². The van der Waals surface area contributed by atoms with Crippen molar-refractivity contribution >= 4 is 17.9 Å². The summed E-state index contributed by atoms with van der Waals surface area (Å²) in [5.41, 5.74) is -2.40. The Bertz CT molecular complexity index is 578. The Kier molecular flexibility index (Phi) is 23.6. The topological polar surface area (TPSA) is 110 Å². The fraction of sp³-hybridized carbons (Fsp3) is 0.900. The van der Waals surface area contributed by atoms with Crippen LogP contribution in [0.5, 0.6) is 0 Å². The summed E-state index contributed by atoms with van der Waals surface area (Å²) >= 11 is 0. The second-order valence-corrected chi connectivity index (χ2v) is 10.5. The van der Waals surface area contributed by atoms with Crippen LogP contribution in [0.3, 0.4) is 0 Å². The zero-order valence-corrected chi connectivity index (χ0v) is 23.9. The molecule has 1 atom stereocenters. The number of ether oxygens (including phenoxy) is 2. The van der Waals surface area contributed by atoms with Crippen molar-refractivity contribution in [1.82, 2.24) is 0 Å². The number of aliphatic carboxylic acids is 1. The van der Waals surface area contributed by atoms with E-state index in [1.807, 2.05) is 0 Å². The molecular formula is C30H56O7. The summed E-state index contributed by atoms with van der Waals surface area (Å²) in [6.07, 6.45) is 21.3. The first kappa shape index (κ1) is 35.4. The molecule has 1 unspecified atom stereocenters. The molecule has 2 N–H and O–H groups in total. The Morgan fingerprint density at radius 2 is 0.892 bits per heavy atom. The number of aliphatic hydroxyl groups is 1. The van der Waals surface area contributed by atoms with Crippen molar-refractivity contribution in [2.24, 2.45) is 0 Å². The first-order valence-electron chi connectivity index (χ1n) is 15.1. The lowest BCUT2D eigenvalue weighted by Crippen LogP contribution is -2.44. The third kappa shape index (κ3) is 22.1. The van der Waals surface area contributed by atoms with Gasteiger partial charge in [-0.05, 0) is 12.8 Å². The summed E-state index contributed by atoms with van der Waals surface area (Å²) in [6.45, 7) is 4.73. The van der Waals surface area contributed by atoms with Gasteiger partial charge >= 0.3 is 17.9 Å². The van der Waals surface area contributed by atoms with Gasteiger partial charge in [0.15, 0.2) is 5.60 Å². The molecule has 0 aliphatic heterocycles. The number of carboxylic acid groups (broad SMARTS) is 1. The SMILES string of the molecule is CCCCCCCCCCCCOC(=O)CC(O)(CC(=O)O)C(=O)OCCCCCCCCCCCC. The maximum absolute atomic E-state index is 12.4. The van der Waals surface area contributed by atoms with Gasteiger partial charge in [-0.15, -0.1) is 0 Å². The molecule has 0 saturated carbocycles. The first-order chi connectivity index (χ1) is 17.9. The van der Waals surface area contributed by atoms with E-state index < -0.39 is 36.4 Å². The molecule has 0 saturated heterocycles. The van der Waals surface area contributed by atoms with Crippen molar-refractivity contribution in [2.45, 2.75) is 161 Å². The minimum atomic E-state index is -2.40. The lowest BCUT2D eigenvalue weighted by molar-refractivity contribution is -0.176. The van der Waals surface area contributed by atoms with E-state index in [0.29, 0.717) is 12.8 Å². The molecule has 0 spiro atoms. The van der Waals surface area contributed by atoms with Gasteiger partial charge < -0.3 is 19.7 Å². The van der Waals surface area contributed by atoms with E-state index in [2.05, 4.69) is 13.8 Å². The zero-order chi connectivity index (χ0) is 27.6. The van der Waals surface area contributed by atoms with Crippen LogP contribution in [-0.4, -0.2) is 46.9 Å². The second-order valence-electron chi connectivity index (χ2n) is 10.5. The zero-order valence-electron chi connectivity index (χ0n) is 23.9. The van der Waals surface area contributed by atoms with Gasteiger partial charge in [0.05, 0.1) is 26.1 Å². The largest absolute Gasteiger partial charge is 0.481 e. The molecule has 7 heteroatoms. The monoisotopic (exact) mass is 528 g/mol. The maximum atomic E-state index is 12.4. The Morgan fingerprint density at radius 3 is 1.27 bits per heavy atom. The van der Waals surface area contributed by atoms with Crippen LogP contribution < -0.4 is 0 Å². The molecule has 37 heavy (non-hydrogen) atoms. The minimum absolute atomic E-state index is 0.102. The standard InChI is InChI=1S/C30H56O7/c1-3-5-7-9-11-13-15-17-19-21-23-36-28(33)26-30(35,25-27(31)32)29(34)37-24-22-20-18-16-14-12-10-8-6-4-2/h35H,3-26H2,1-2H3,(H,31,32). The van der Waals surface area contributed by atoms with Crippen LogP contribution in [0.2, 0.25) is 0 Å². The number of carbonyl (C=O) groups excluding carboxylic acids is 2. The van der Waals surface area contributed by atoms with Gasteiger partial charge in [-0.25, -0.2) is 4.79 Å². The average molecular weight is 529 g/mol. The molecule has 0 radical (unpaired) electrons. The minimum Gasteiger partial charge on any atom is -0.481 e. The van der Waals surface area contributed by atoms with Crippen molar-refractivity contribution in [3.05, 3.63) is 0 Å². The Labute approximate surface area is 226 Å². The molecule has 0 aliphatic carbocycles. The van der Waals surface area contributed by atoms with E-state index in [4.69, 9.17) is 14.6 Å². The number of hydrogen-bond acceptors (Lipinski definition) is 6. The van der Waals surface area contributed by atoms with E-state index in [0.717, 1.165) is 32.1 Å². The number of esters is 2. The van der Waals surface area contributed by atoms with Crippen LogP contribution in [0.15, 0.2) is 0 Å². The number of carbonyl (C=O) groups is 3. The Morgan fingerprint density at radius 1 is 0.541 bits per heavy atom. The number of unbranched alkanes of at least 4 members (excludes halogenated alkanes) is 18. The third-order valence-electron chi connectivity index (χ3n) is 6.75. The van der Waals surface area contributed by atoms with E-state index in [9.17, 15) is 19.5 Å². The van der Waals surface area contributed by atoms with Gasteiger partial charge in [0.25, 0.3) is 0 Å². The van der Waals surface area contributed by atoms with Gasteiger partial charge in [-0.2, -0.15) is 0 Å². The number of rotatable bonds is 27. The highest BCUT2D eigenvalue weighted by Gasteiger charge is 2.42. The van der Waals surface area contributed by atoms with Crippen LogP contribution >= 0.6 is 0 Å². The molecule has 0 aliphatic rings. The van der Waals surface area contributed by atoms with Crippen molar-refractivity contribution < 1.29 is 34.1 Å². The van der Waals surface area contributed by atoms with Gasteiger partial charge in [-0.3, -0.25) is 9.59 Å². The highest BCUT2D eigenvalue weighted by atomic mass is 16.6.